The van der Waals surface area contributed by atoms with Crippen LogP contribution in [0, 0.1) is 34.0 Å². The summed E-state index contributed by atoms with van der Waals surface area (Å²) in [6.07, 6.45) is 16.3. The van der Waals surface area contributed by atoms with Crippen LogP contribution < -0.4 is 5.32 Å². The van der Waals surface area contributed by atoms with Gasteiger partial charge < -0.3 is 5.32 Å². The fraction of sp³-hybridized carbons (Fsp3) is 0.870. The lowest BCUT2D eigenvalue weighted by Gasteiger charge is -2.60. The van der Waals surface area contributed by atoms with Crippen LogP contribution in [-0.4, -0.2) is 11.9 Å². The number of fused-ring (bicyclic) bond motifs is 5. The molecule has 0 spiro atoms. The maximum absolute atomic E-state index is 11.8. The Labute approximate surface area is 154 Å². The molecule has 1 heterocycles. The zero-order chi connectivity index (χ0) is 17.9. The monoisotopic (exact) mass is 343 g/mol. The van der Waals surface area contributed by atoms with Crippen LogP contribution in [-0.2, 0) is 4.79 Å². The van der Waals surface area contributed by atoms with Gasteiger partial charge in [0.25, 0.3) is 0 Å². The Bertz CT molecular complexity index is 583. The van der Waals surface area contributed by atoms with E-state index in [2.05, 4.69) is 39.1 Å². The Balaban J connectivity index is 1.62. The normalized spacial score (nSPS) is 51.4. The number of hydrogen-bond acceptors (Lipinski definition) is 1. The summed E-state index contributed by atoms with van der Waals surface area (Å²) in [6, 6.07) is 0.364. The molecule has 4 rings (SSSR count). The number of hydrogen-bond donors (Lipinski definition) is 1. The van der Waals surface area contributed by atoms with Gasteiger partial charge in [0, 0.05) is 11.5 Å². The zero-order valence-electron chi connectivity index (χ0n) is 16.7. The Morgan fingerprint density at radius 2 is 1.84 bits per heavy atom. The third kappa shape index (κ3) is 2.38. The van der Waals surface area contributed by atoms with Crippen molar-refractivity contribution in [3.8, 4) is 0 Å². The maximum atomic E-state index is 11.8. The largest absolute Gasteiger partial charge is 0.349 e. The van der Waals surface area contributed by atoms with Crippen molar-refractivity contribution in [3.63, 3.8) is 0 Å². The smallest absolute Gasteiger partial charge is 0.243 e. The van der Waals surface area contributed by atoms with Gasteiger partial charge in [-0.25, -0.2) is 0 Å². The van der Waals surface area contributed by atoms with E-state index in [0.29, 0.717) is 16.9 Å². The molecule has 7 atom stereocenters. The summed E-state index contributed by atoms with van der Waals surface area (Å²) < 4.78 is 0. The van der Waals surface area contributed by atoms with Gasteiger partial charge in [-0.3, -0.25) is 4.79 Å². The van der Waals surface area contributed by atoms with E-state index >= 15 is 0 Å². The second-order valence-corrected chi connectivity index (χ2v) is 10.4. The van der Waals surface area contributed by atoms with Crippen LogP contribution in [0.4, 0.5) is 0 Å². The van der Waals surface area contributed by atoms with Crippen molar-refractivity contribution in [2.45, 2.75) is 91.5 Å². The third-order valence-corrected chi connectivity index (χ3v) is 9.54. The number of amides is 1. The fourth-order valence-electron chi connectivity index (χ4n) is 7.67. The van der Waals surface area contributed by atoms with Crippen molar-refractivity contribution in [1.82, 2.24) is 5.32 Å². The van der Waals surface area contributed by atoms with Crippen molar-refractivity contribution >= 4 is 5.91 Å². The van der Waals surface area contributed by atoms with Gasteiger partial charge in [0.05, 0.1) is 0 Å². The number of unbranched alkanes of at least 4 members (excludes halogenated alkanes) is 1. The lowest BCUT2D eigenvalue weighted by Crippen LogP contribution is -2.59. The average Bonchev–Trinajstić information content (AvgIpc) is 2.85. The molecule has 3 saturated carbocycles. The number of rotatable bonds is 3. The molecule has 4 aliphatic rings. The Kier molecular flexibility index (Phi) is 4.13. The van der Waals surface area contributed by atoms with Gasteiger partial charge in [-0.05, 0) is 79.6 Å². The third-order valence-electron chi connectivity index (χ3n) is 9.54. The van der Waals surface area contributed by atoms with Gasteiger partial charge in [-0.15, -0.1) is 0 Å². The lowest BCUT2D eigenvalue weighted by atomic mass is 9.46. The van der Waals surface area contributed by atoms with Crippen molar-refractivity contribution in [1.29, 1.82) is 0 Å². The summed E-state index contributed by atoms with van der Waals surface area (Å²) in [5.41, 5.74) is 1.27. The predicted molar refractivity (Wildman–Crippen MR) is 103 cm³/mol. The standard InChI is InChI=1S/C23H37NO/c1-5-6-12-21(2)13-9-18-16-7-8-19-22(3,14-11-20(25)24-19)17(16)10-15-23(18,21)4/h11,14,16-19H,5-10,12-13,15H2,1-4H3,(H,24,25)/t16-,17-,18+,19?,21?,22-,23+/m1/s1. The quantitative estimate of drug-likeness (QED) is 0.722. The molecule has 2 unspecified atom stereocenters. The molecule has 0 aromatic carbocycles. The minimum atomic E-state index is 0.120. The van der Waals surface area contributed by atoms with Crippen LogP contribution >= 0.6 is 0 Å². The second-order valence-electron chi connectivity index (χ2n) is 10.4. The highest BCUT2D eigenvalue weighted by Crippen LogP contribution is 2.69. The van der Waals surface area contributed by atoms with Gasteiger partial charge >= 0.3 is 0 Å². The molecular weight excluding hydrogens is 306 g/mol. The summed E-state index contributed by atoms with van der Waals surface area (Å²) in [5, 5.41) is 3.28. The summed E-state index contributed by atoms with van der Waals surface area (Å²) in [6.45, 7) is 10.0. The van der Waals surface area contributed by atoms with Crippen molar-refractivity contribution in [2.24, 2.45) is 34.0 Å². The van der Waals surface area contributed by atoms with Crippen LogP contribution in [0.1, 0.15) is 85.5 Å². The van der Waals surface area contributed by atoms with E-state index < -0.39 is 0 Å². The van der Waals surface area contributed by atoms with Gasteiger partial charge in [0.2, 0.25) is 5.91 Å². The Morgan fingerprint density at radius 3 is 2.60 bits per heavy atom. The number of carbonyl (C=O) groups is 1. The first-order chi connectivity index (χ1) is 11.8. The van der Waals surface area contributed by atoms with Crippen LogP contribution in [0.3, 0.4) is 0 Å². The number of nitrogens with one attached hydrogen (secondary N) is 1. The summed E-state index contributed by atoms with van der Waals surface area (Å²) >= 11 is 0. The fourth-order valence-corrected chi connectivity index (χ4v) is 7.67. The molecule has 0 radical (unpaired) electrons. The summed E-state index contributed by atoms with van der Waals surface area (Å²) in [4.78, 5) is 11.8. The predicted octanol–water partition coefficient (Wildman–Crippen LogP) is 5.48. The van der Waals surface area contributed by atoms with E-state index in [0.717, 1.165) is 17.8 Å². The number of carbonyl (C=O) groups excluding carboxylic acids is 1. The lowest BCUT2D eigenvalue weighted by molar-refractivity contribution is -0.123. The minimum Gasteiger partial charge on any atom is -0.349 e. The van der Waals surface area contributed by atoms with Crippen molar-refractivity contribution < 1.29 is 4.79 Å². The molecule has 0 saturated heterocycles. The molecule has 3 fully saturated rings. The van der Waals surface area contributed by atoms with E-state index in [1.54, 1.807) is 0 Å². The Morgan fingerprint density at radius 1 is 1.08 bits per heavy atom. The van der Waals surface area contributed by atoms with Crippen molar-refractivity contribution in [3.05, 3.63) is 12.2 Å². The van der Waals surface area contributed by atoms with Crippen LogP contribution in [0.25, 0.3) is 0 Å². The molecule has 3 aliphatic carbocycles. The van der Waals surface area contributed by atoms with Gasteiger partial charge in [-0.2, -0.15) is 0 Å². The zero-order valence-corrected chi connectivity index (χ0v) is 16.7. The van der Waals surface area contributed by atoms with Crippen LogP contribution in [0.2, 0.25) is 0 Å². The first-order valence-corrected chi connectivity index (χ1v) is 10.8. The summed E-state index contributed by atoms with van der Waals surface area (Å²) in [7, 11) is 0. The molecule has 2 heteroatoms. The molecule has 1 aliphatic heterocycles. The van der Waals surface area contributed by atoms with Gasteiger partial charge in [0.15, 0.2) is 0 Å². The highest BCUT2D eigenvalue weighted by atomic mass is 16.1. The molecule has 140 valence electrons. The molecule has 0 aromatic heterocycles. The molecule has 0 aromatic rings. The first-order valence-electron chi connectivity index (χ1n) is 10.8. The van der Waals surface area contributed by atoms with E-state index in [1.807, 2.05) is 6.08 Å². The van der Waals surface area contributed by atoms with E-state index in [1.165, 1.54) is 57.8 Å². The maximum Gasteiger partial charge on any atom is 0.243 e. The average molecular weight is 344 g/mol. The highest BCUT2D eigenvalue weighted by molar-refractivity contribution is 5.89. The van der Waals surface area contributed by atoms with E-state index in [9.17, 15) is 4.79 Å². The second kappa shape index (κ2) is 5.86. The SMILES string of the molecule is CCCCC1(C)CC[C@H]2[C@@H]3CCC4NC(=O)C=C[C@]4(C)[C@@H]3CC[C@@]21C. The topological polar surface area (TPSA) is 29.1 Å². The van der Waals surface area contributed by atoms with E-state index in [4.69, 9.17) is 0 Å². The molecule has 1 N–H and O–H groups in total. The molecule has 2 nitrogen and oxygen atoms in total. The first kappa shape index (κ1) is 17.6. The highest BCUT2D eigenvalue weighted by Gasteiger charge is 2.62. The molecule has 0 bridgehead atoms. The molecule has 1 amide bonds. The van der Waals surface area contributed by atoms with Crippen LogP contribution in [0.15, 0.2) is 12.2 Å². The van der Waals surface area contributed by atoms with E-state index in [-0.39, 0.29) is 11.3 Å². The molecule has 25 heavy (non-hydrogen) atoms. The molecular formula is C23H37NO. The van der Waals surface area contributed by atoms with Crippen LogP contribution in [0.5, 0.6) is 0 Å². The van der Waals surface area contributed by atoms with Crippen molar-refractivity contribution in [2.75, 3.05) is 0 Å². The Hall–Kier alpha value is -0.790. The summed E-state index contributed by atoms with van der Waals surface area (Å²) in [5.74, 6) is 2.64. The van der Waals surface area contributed by atoms with Gasteiger partial charge in [0.1, 0.15) is 0 Å². The minimum absolute atomic E-state index is 0.120. The van der Waals surface area contributed by atoms with Gasteiger partial charge in [-0.1, -0.05) is 46.6 Å².